The highest BCUT2D eigenvalue weighted by molar-refractivity contribution is 5.49. The molecule has 0 amide bonds. The molecule has 3 nitrogen and oxygen atoms in total. The average Bonchev–Trinajstić information content (AvgIpc) is 2.87. The predicted octanol–water partition coefficient (Wildman–Crippen LogP) is 2.75. The van der Waals surface area contributed by atoms with Gasteiger partial charge >= 0.3 is 0 Å². The summed E-state index contributed by atoms with van der Waals surface area (Å²) in [6.07, 6.45) is 8.68. The molecule has 0 radical (unpaired) electrons. The summed E-state index contributed by atoms with van der Waals surface area (Å²) >= 11 is 0. The van der Waals surface area contributed by atoms with E-state index < -0.39 is 0 Å². The van der Waals surface area contributed by atoms with E-state index in [1.807, 2.05) is 4.68 Å². The maximum absolute atomic E-state index is 5.89. The molecule has 3 heteroatoms. The van der Waals surface area contributed by atoms with Crippen LogP contribution in [-0.4, -0.2) is 15.8 Å². The molecule has 1 aromatic rings. The molecule has 2 rings (SSSR count). The Balaban J connectivity index is 2.08. The summed E-state index contributed by atoms with van der Waals surface area (Å²) < 4.78 is 2.04. The van der Waals surface area contributed by atoms with Crippen molar-refractivity contribution in [3.63, 3.8) is 0 Å². The molecule has 2 N–H and O–H groups in total. The van der Waals surface area contributed by atoms with Gasteiger partial charge in [-0.3, -0.25) is 4.68 Å². The maximum Gasteiger partial charge on any atom is 0.0850 e. The zero-order valence-electron chi connectivity index (χ0n) is 10.2. The topological polar surface area (TPSA) is 43.8 Å². The monoisotopic (exact) mass is 219 g/mol. The van der Waals surface area contributed by atoms with Gasteiger partial charge in [0.25, 0.3) is 0 Å². The van der Waals surface area contributed by atoms with E-state index in [-0.39, 0.29) is 0 Å². The molecule has 0 aromatic carbocycles. The SMILES string of the molecule is CCC(C)n1ccc(C=C2CCC(N)C2)n1. The highest BCUT2D eigenvalue weighted by Crippen LogP contribution is 2.25. The Morgan fingerprint density at radius 2 is 2.50 bits per heavy atom. The summed E-state index contributed by atoms with van der Waals surface area (Å²) in [6, 6.07) is 2.93. The Kier molecular flexibility index (Phi) is 3.44. The van der Waals surface area contributed by atoms with Crippen molar-refractivity contribution in [1.82, 2.24) is 9.78 Å². The van der Waals surface area contributed by atoms with Gasteiger partial charge in [0.05, 0.1) is 5.69 Å². The molecule has 1 aliphatic rings. The maximum atomic E-state index is 5.89. The third-order valence-electron chi connectivity index (χ3n) is 3.38. The van der Waals surface area contributed by atoms with Gasteiger partial charge in [0.2, 0.25) is 0 Å². The lowest BCUT2D eigenvalue weighted by Crippen LogP contribution is -2.13. The fraction of sp³-hybridized carbons (Fsp3) is 0.615. The molecule has 1 saturated carbocycles. The van der Waals surface area contributed by atoms with Crippen LogP contribution in [0.2, 0.25) is 0 Å². The molecule has 0 saturated heterocycles. The summed E-state index contributed by atoms with van der Waals surface area (Å²) in [5.74, 6) is 0. The van der Waals surface area contributed by atoms with Gasteiger partial charge in [-0.1, -0.05) is 12.5 Å². The Bertz CT molecular complexity index is 378. The lowest BCUT2D eigenvalue weighted by Gasteiger charge is -2.07. The number of hydrogen-bond donors (Lipinski definition) is 1. The molecule has 1 heterocycles. The molecule has 1 aliphatic carbocycles. The van der Waals surface area contributed by atoms with Crippen LogP contribution >= 0.6 is 0 Å². The van der Waals surface area contributed by atoms with Crippen molar-refractivity contribution in [2.45, 2.75) is 51.6 Å². The van der Waals surface area contributed by atoms with E-state index in [1.54, 1.807) is 0 Å². The highest BCUT2D eigenvalue weighted by Gasteiger charge is 2.15. The quantitative estimate of drug-likeness (QED) is 0.849. The minimum Gasteiger partial charge on any atom is -0.327 e. The number of hydrogen-bond acceptors (Lipinski definition) is 2. The van der Waals surface area contributed by atoms with Crippen LogP contribution in [0.3, 0.4) is 0 Å². The van der Waals surface area contributed by atoms with Gasteiger partial charge < -0.3 is 5.73 Å². The first-order valence-electron chi connectivity index (χ1n) is 6.19. The first-order valence-corrected chi connectivity index (χ1v) is 6.19. The van der Waals surface area contributed by atoms with Crippen molar-refractivity contribution in [3.05, 3.63) is 23.5 Å². The molecule has 0 spiro atoms. The van der Waals surface area contributed by atoms with Gasteiger partial charge in [0, 0.05) is 18.3 Å². The molecule has 2 atom stereocenters. The highest BCUT2D eigenvalue weighted by atomic mass is 15.3. The first-order chi connectivity index (χ1) is 7.69. The number of aromatic nitrogens is 2. The lowest BCUT2D eigenvalue weighted by molar-refractivity contribution is 0.477. The minimum atomic E-state index is 0.364. The summed E-state index contributed by atoms with van der Waals surface area (Å²) in [5, 5.41) is 4.57. The van der Waals surface area contributed by atoms with Crippen molar-refractivity contribution in [2.24, 2.45) is 5.73 Å². The van der Waals surface area contributed by atoms with Gasteiger partial charge in [-0.15, -0.1) is 0 Å². The minimum absolute atomic E-state index is 0.364. The zero-order chi connectivity index (χ0) is 11.5. The number of nitrogens with two attached hydrogens (primary N) is 1. The second kappa shape index (κ2) is 4.83. The average molecular weight is 219 g/mol. The van der Waals surface area contributed by atoms with Crippen molar-refractivity contribution < 1.29 is 0 Å². The molecular weight excluding hydrogens is 198 g/mol. The number of rotatable bonds is 3. The van der Waals surface area contributed by atoms with E-state index in [0.717, 1.165) is 31.4 Å². The smallest absolute Gasteiger partial charge is 0.0850 e. The summed E-state index contributed by atoms with van der Waals surface area (Å²) in [5.41, 5.74) is 8.41. The molecule has 0 bridgehead atoms. The molecule has 88 valence electrons. The number of nitrogens with zero attached hydrogens (tertiary/aromatic N) is 2. The van der Waals surface area contributed by atoms with Crippen LogP contribution in [0.1, 0.15) is 51.3 Å². The Labute approximate surface area is 97.3 Å². The summed E-state index contributed by atoms with van der Waals surface area (Å²) in [7, 11) is 0. The van der Waals surface area contributed by atoms with Gasteiger partial charge in [-0.25, -0.2) is 0 Å². The predicted molar refractivity (Wildman–Crippen MR) is 67.0 cm³/mol. The van der Waals surface area contributed by atoms with Crippen molar-refractivity contribution in [3.8, 4) is 0 Å². The van der Waals surface area contributed by atoms with Crippen molar-refractivity contribution in [1.29, 1.82) is 0 Å². The molecule has 1 aromatic heterocycles. The Hall–Kier alpha value is -1.09. The van der Waals surface area contributed by atoms with Crippen LogP contribution in [0.4, 0.5) is 0 Å². The van der Waals surface area contributed by atoms with Crippen LogP contribution in [0.5, 0.6) is 0 Å². The third-order valence-corrected chi connectivity index (χ3v) is 3.38. The van der Waals surface area contributed by atoms with Crippen molar-refractivity contribution in [2.75, 3.05) is 0 Å². The second-order valence-electron chi connectivity index (χ2n) is 4.78. The standard InChI is InChI=1S/C13H21N3/c1-3-10(2)16-7-6-13(15-16)9-11-4-5-12(14)8-11/h6-7,9-10,12H,3-5,8,14H2,1-2H3. The molecule has 16 heavy (non-hydrogen) atoms. The van der Waals surface area contributed by atoms with E-state index >= 15 is 0 Å². The lowest BCUT2D eigenvalue weighted by atomic mass is 10.2. The summed E-state index contributed by atoms with van der Waals surface area (Å²) in [6.45, 7) is 4.37. The van der Waals surface area contributed by atoms with E-state index in [9.17, 15) is 0 Å². The van der Waals surface area contributed by atoms with Gasteiger partial charge in [0.1, 0.15) is 0 Å². The fourth-order valence-electron chi connectivity index (χ4n) is 2.11. The normalized spacial score (nSPS) is 25.2. The fourth-order valence-corrected chi connectivity index (χ4v) is 2.11. The van der Waals surface area contributed by atoms with Crippen LogP contribution < -0.4 is 5.73 Å². The van der Waals surface area contributed by atoms with E-state index in [1.165, 1.54) is 5.57 Å². The van der Waals surface area contributed by atoms with Crippen LogP contribution in [-0.2, 0) is 0 Å². The molecule has 1 fully saturated rings. The summed E-state index contributed by atoms with van der Waals surface area (Å²) in [4.78, 5) is 0. The van der Waals surface area contributed by atoms with Crippen LogP contribution in [0.25, 0.3) is 6.08 Å². The second-order valence-corrected chi connectivity index (χ2v) is 4.78. The largest absolute Gasteiger partial charge is 0.327 e. The third kappa shape index (κ3) is 2.53. The first kappa shape index (κ1) is 11.4. The van der Waals surface area contributed by atoms with E-state index in [0.29, 0.717) is 12.1 Å². The van der Waals surface area contributed by atoms with Crippen LogP contribution in [0, 0.1) is 0 Å². The van der Waals surface area contributed by atoms with Crippen molar-refractivity contribution >= 4 is 6.08 Å². The van der Waals surface area contributed by atoms with Gasteiger partial charge in [0.15, 0.2) is 0 Å². The van der Waals surface area contributed by atoms with Gasteiger partial charge in [-0.05, 0) is 44.7 Å². The van der Waals surface area contributed by atoms with E-state index in [2.05, 4.69) is 37.3 Å². The van der Waals surface area contributed by atoms with Gasteiger partial charge in [-0.2, -0.15) is 5.10 Å². The Morgan fingerprint density at radius 3 is 3.12 bits per heavy atom. The molecular formula is C13H21N3. The zero-order valence-corrected chi connectivity index (χ0v) is 10.2. The molecule has 2 unspecified atom stereocenters. The van der Waals surface area contributed by atoms with Crippen LogP contribution in [0.15, 0.2) is 17.8 Å². The van der Waals surface area contributed by atoms with E-state index in [4.69, 9.17) is 5.73 Å². The molecule has 0 aliphatic heterocycles. The Morgan fingerprint density at radius 1 is 1.69 bits per heavy atom.